The Morgan fingerprint density at radius 3 is 2.40 bits per heavy atom. The fourth-order valence-electron chi connectivity index (χ4n) is 1.25. The highest BCUT2D eigenvalue weighted by Crippen LogP contribution is 2.12. The van der Waals surface area contributed by atoms with Crippen LogP contribution in [0.15, 0.2) is 24.3 Å². The van der Waals surface area contributed by atoms with E-state index in [2.05, 4.69) is 4.74 Å². The first-order valence-corrected chi connectivity index (χ1v) is 5.69. The third kappa shape index (κ3) is 5.02. The molecule has 1 rings (SSSR count). The van der Waals surface area contributed by atoms with Gasteiger partial charge in [-0.05, 0) is 17.7 Å². The average molecular weight is 282 g/mol. The minimum absolute atomic E-state index is 0.0494. The molecule has 0 amide bonds. The maximum absolute atomic E-state index is 11.5. The molecular formula is C12H14N2O6. The lowest BCUT2D eigenvalue weighted by Gasteiger charge is -2.11. The molecule has 0 bridgehead atoms. The fourth-order valence-corrected chi connectivity index (χ4v) is 1.25. The number of ether oxygens (including phenoxy) is 2. The summed E-state index contributed by atoms with van der Waals surface area (Å²) in [5.74, 6) is -1.26. The number of benzene rings is 1. The molecule has 1 aromatic rings. The van der Waals surface area contributed by atoms with E-state index < -0.39 is 22.9 Å². The van der Waals surface area contributed by atoms with Crippen LogP contribution >= 0.6 is 0 Å². The third-order valence-electron chi connectivity index (χ3n) is 2.30. The van der Waals surface area contributed by atoms with Crippen LogP contribution in [0.2, 0.25) is 0 Å². The molecular weight excluding hydrogens is 268 g/mol. The van der Waals surface area contributed by atoms with Crippen molar-refractivity contribution in [1.29, 1.82) is 0 Å². The molecule has 0 fully saturated rings. The summed E-state index contributed by atoms with van der Waals surface area (Å²) < 4.78 is 9.48. The predicted molar refractivity (Wildman–Crippen MR) is 67.5 cm³/mol. The van der Waals surface area contributed by atoms with Crippen LogP contribution < -0.4 is 5.73 Å². The molecule has 108 valence electrons. The van der Waals surface area contributed by atoms with Gasteiger partial charge in [-0.3, -0.25) is 19.7 Å². The summed E-state index contributed by atoms with van der Waals surface area (Å²) in [6.45, 7) is 0.883. The van der Waals surface area contributed by atoms with Crippen molar-refractivity contribution < 1.29 is 24.0 Å². The maximum atomic E-state index is 11.5. The first-order chi connectivity index (χ1) is 9.40. The van der Waals surface area contributed by atoms with E-state index in [1.54, 1.807) is 0 Å². The number of hydrogen-bond donors (Lipinski definition) is 1. The predicted octanol–water partition coefficient (Wildman–Crippen LogP) is 0.528. The van der Waals surface area contributed by atoms with Crippen LogP contribution in [-0.4, -0.2) is 29.5 Å². The highest BCUT2D eigenvalue weighted by atomic mass is 16.6. The van der Waals surface area contributed by atoms with Crippen LogP contribution in [0.5, 0.6) is 0 Å². The Labute approximate surface area is 114 Å². The monoisotopic (exact) mass is 282 g/mol. The molecule has 0 saturated heterocycles. The zero-order valence-corrected chi connectivity index (χ0v) is 10.8. The van der Waals surface area contributed by atoms with Crippen molar-refractivity contribution in [1.82, 2.24) is 0 Å². The van der Waals surface area contributed by atoms with Gasteiger partial charge in [-0.25, -0.2) is 0 Å². The second-order valence-electron chi connectivity index (χ2n) is 3.94. The Balaban J connectivity index is 2.44. The van der Waals surface area contributed by atoms with Gasteiger partial charge in [0.2, 0.25) is 0 Å². The SMILES string of the molecule is CC(=O)OCC(N)C(=O)OCc1ccc([N+](=O)[O-])cc1. The summed E-state index contributed by atoms with van der Waals surface area (Å²) in [4.78, 5) is 31.9. The van der Waals surface area contributed by atoms with Crippen LogP contribution in [0.1, 0.15) is 12.5 Å². The van der Waals surface area contributed by atoms with Crippen molar-refractivity contribution in [3.63, 3.8) is 0 Å². The number of nitrogens with two attached hydrogens (primary N) is 1. The fraction of sp³-hybridized carbons (Fsp3) is 0.333. The lowest BCUT2D eigenvalue weighted by molar-refractivity contribution is -0.384. The van der Waals surface area contributed by atoms with Gasteiger partial charge in [0.25, 0.3) is 5.69 Å². The van der Waals surface area contributed by atoms with E-state index in [1.807, 2.05) is 0 Å². The van der Waals surface area contributed by atoms with Crippen LogP contribution in [0.25, 0.3) is 0 Å². The highest BCUT2D eigenvalue weighted by Gasteiger charge is 2.16. The normalized spacial score (nSPS) is 11.5. The molecule has 0 spiro atoms. The van der Waals surface area contributed by atoms with Crippen molar-refractivity contribution in [3.8, 4) is 0 Å². The molecule has 0 aliphatic heterocycles. The van der Waals surface area contributed by atoms with Crippen molar-refractivity contribution in [3.05, 3.63) is 39.9 Å². The van der Waals surface area contributed by atoms with Gasteiger partial charge in [-0.1, -0.05) is 0 Å². The van der Waals surface area contributed by atoms with Crippen LogP contribution in [0.4, 0.5) is 5.69 Å². The molecule has 20 heavy (non-hydrogen) atoms. The highest BCUT2D eigenvalue weighted by molar-refractivity contribution is 5.76. The number of hydrogen-bond acceptors (Lipinski definition) is 7. The topological polar surface area (TPSA) is 122 Å². The lowest BCUT2D eigenvalue weighted by atomic mass is 10.2. The van der Waals surface area contributed by atoms with Crippen molar-refractivity contribution in [2.75, 3.05) is 6.61 Å². The number of carbonyl (C=O) groups is 2. The summed E-state index contributed by atoms with van der Waals surface area (Å²) in [6.07, 6.45) is 0. The van der Waals surface area contributed by atoms with Gasteiger partial charge in [0.1, 0.15) is 19.3 Å². The van der Waals surface area contributed by atoms with Crippen molar-refractivity contribution >= 4 is 17.6 Å². The van der Waals surface area contributed by atoms with E-state index in [4.69, 9.17) is 10.5 Å². The molecule has 0 heterocycles. The Bertz CT molecular complexity index is 499. The lowest BCUT2D eigenvalue weighted by Crippen LogP contribution is -2.37. The maximum Gasteiger partial charge on any atom is 0.326 e. The van der Waals surface area contributed by atoms with Gasteiger partial charge >= 0.3 is 11.9 Å². The minimum Gasteiger partial charge on any atom is -0.464 e. The van der Waals surface area contributed by atoms with Crippen molar-refractivity contribution in [2.45, 2.75) is 19.6 Å². The second-order valence-corrected chi connectivity index (χ2v) is 3.94. The first-order valence-electron chi connectivity index (χ1n) is 5.69. The molecule has 8 heteroatoms. The summed E-state index contributed by atoms with van der Waals surface area (Å²) in [5.41, 5.74) is 5.99. The van der Waals surface area contributed by atoms with E-state index in [0.29, 0.717) is 5.56 Å². The van der Waals surface area contributed by atoms with Gasteiger partial charge < -0.3 is 15.2 Å². The van der Waals surface area contributed by atoms with Gasteiger partial charge in [0, 0.05) is 19.1 Å². The molecule has 1 aromatic carbocycles. The summed E-state index contributed by atoms with van der Waals surface area (Å²) >= 11 is 0. The Kier molecular flexibility index (Phi) is 5.60. The Morgan fingerprint density at radius 2 is 1.90 bits per heavy atom. The Hall–Kier alpha value is -2.48. The molecule has 1 unspecified atom stereocenters. The summed E-state index contributed by atoms with van der Waals surface area (Å²) in [6, 6.07) is 4.51. The van der Waals surface area contributed by atoms with Gasteiger partial charge in [-0.2, -0.15) is 0 Å². The minimum atomic E-state index is -1.06. The van der Waals surface area contributed by atoms with E-state index in [1.165, 1.54) is 31.2 Å². The number of non-ortho nitro benzene ring substituents is 1. The number of rotatable bonds is 6. The second kappa shape index (κ2) is 7.19. The Morgan fingerprint density at radius 1 is 1.30 bits per heavy atom. The smallest absolute Gasteiger partial charge is 0.326 e. The zero-order chi connectivity index (χ0) is 15.1. The number of carbonyl (C=O) groups excluding carboxylic acids is 2. The molecule has 0 aromatic heterocycles. The van der Waals surface area contributed by atoms with Crippen LogP contribution in [-0.2, 0) is 25.7 Å². The molecule has 0 aliphatic carbocycles. The molecule has 0 radical (unpaired) electrons. The quantitative estimate of drug-likeness (QED) is 0.458. The number of nitro groups is 1. The van der Waals surface area contributed by atoms with Gasteiger partial charge in [0.15, 0.2) is 0 Å². The summed E-state index contributed by atoms with van der Waals surface area (Å²) in [5, 5.41) is 10.5. The van der Waals surface area contributed by atoms with E-state index in [-0.39, 0.29) is 18.9 Å². The first kappa shape index (κ1) is 15.6. The summed E-state index contributed by atoms with van der Waals surface area (Å²) in [7, 11) is 0. The van der Waals surface area contributed by atoms with Gasteiger partial charge in [-0.15, -0.1) is 0 Å². The van der Waals surface area contributed by atoms with E-state index in [9.17, 15) is 19.7 Å². The van der Waals surface area contributed by atoms with E-state index >= 15 is 0 Å². The molecule has 2 N–H and O–H groups in total. The van der Waals surface area contributed by atoms with E-state index in [0.717, 1.165) is 0 Å². The zero-order valence-electron chi connectivity index (χ0n) is 10.8. The average Bonchev–Trinajstić information content (AvgIpc) is 2.42. The largest absolute Gasteiger partial charge is 0.464 e. The van der Waals surface area contributed by atoms with Crippen molar-refractivity contribution in [2.24, 2.45) is 5.73 Å². The molecule has 1 atom stereocenters. The van der Waals surface area contributed by atoms with Crippen LogP contribution in [0, 0.1) is 10.1 Å². The third-order valence-corrected chi connectivity index (χ3v) is 2.30. The molecule has 8 nitrogen and oxygen atoms in total. The number of nitrogens with zero attached hydrogens (tertiary/aromatic N) is 1. The number of esters is 2. The molecule has 0 aliphatic rings. The molecule has 0 saturated carbocycles. The number of nitro benzene ring substituents is 1. The standard InChI is InChI=1S/C12H14N2O6/c1-8(15)19-7-11(13)12(16)20-6-9-2-4-10(5-3-9)14(17)18/h2-5,11H,6-7,13H2,1H3. The van der Waals surface area contributed by atoms with Crippen LogP contribution in [0.3, 0.4) is 0 Å². The van der Waals surface area contributed by atoms with Gasteiger partial charge in [0.05, 0.1) is 4.92 Å².